The molecule has 0 radical (unpaired) electrons. The molecule has 0 fully saturated rings. The van der Waals surface area contributed by atoms with Gasteiger partial charge in [0.15, 0.2) is 0 Å². The van der Waals surface area contributed by atoms with Gasteiger partial charge in [0.2, 0.25) is 0 Å². The fraction of sp³-hybridized carbons (Fsp3) is 0.647. The molecule has 0 heterocycles. The first-order valence-corrected chi connectivity index (χ1v) is 8.91. The summed E-state index contributed by atoms with van der Waals surface area (Å²) in [5.74, 6) is 4.15. The van der Waals surface area contributed by atoms with E-state index in [0.29, 0.717) is 6.04 Å². The lowest BCUT2D eigenvalue weighted by atomic mass is 10.1. The van der Waals surface area contributed by atoms with Crippen molar-refractivity contribution >= 4 is 11.8 Å². The van der Waals surface area contributed by atoms with Crippen LogP contribution in [-0.4, -0.2) is 24.7 Å². The summed E-state index contributed by atoms with van der Waals surface area (Å²) >= 11 is 2.04. The van der Waals surface area contributed by atoms with Gasteiger partial charge in [0.05, 0.1) is 6.61 Å². The molecule has 0 saturated heterocycles. The van der Waals surface area contributed by atoms with E-state index in [1.165, 1.54) is 17.7 Å². The average molecular weight is 295 g/mol. The Bertz CT molecular complexity index is 370. The van der Waals surface area contributed by atoms with E-state index >= 15 is 0 Å². The molecule has 2 nitrogen and oxygen atoms in total. The fourth-order valence-electron chi connectivity index (χ4n) is 2.07. The molecule has 2 unspecified atom stereocenters. The number of thioether (sulfide) groups is 1. The number of nitrogens with one attached hydrogen (secondary N) is 1. The zero-order valence-corrected chi connectivity index (χ0v) is 14.1. The van der Waals surface area contributed by atoms with E-state index in [9.17, 15) is 0 Å². The molecule has 0 aliphatic carbocycles. The zero-order valence-electron chi connectivity index (χ0n) is 13.3. The number of hydrogen-bond donors (Lipinski definition) is 1. The molecule has 3 heteroatoms. The Morgan fingerprint density at radius 2 is 1.90 bits per heavy atom. The third kappa shape index (κ3) is 5.76. The molecular weight excluding hydrogens is 266 g/mol. The Hall–Kier alpha value is -0.670. The van der Waals surface area contributed by atoms with E-state index in [4.69, 9.17) is 4.74 Å². The average Bonchev–Trinajstić information content (AvgIpc) is 2.47. The van der Waals surface area contributed by atoms with E-state index in [1.54, 1.807) is 0 Å². The van der Waals surface area contributed by atoms with Crippen LogP contribution in [0.25, 0.3) is 0 Å². The van der Waals surface area contributed by atoms with Gasteiger partial charge in [-0.3, -0.25) is 0 Å². The van der Waals surface area contributed by atoms with E-state index < -0.39 is 0 Å². The van der Waals surface area contributed by atoms with Crippen molar-refractivity contribution in [1.82, 2.24) is 5.32 Å². The van der Waals surface area contributed by atoms with E-state index in [2.05, 4.69) is 44.3 Å². The summed E-state index contributed by atoms with van der Waals surface area (Å²) in [5.41, 5.74) is 1.29. The van der Waals surface area contributed by atoms with Gasteiger partial charge in [-0.1, -0.05) is 45.4 Å². The maximum atomic E-state index is 5.76. The Kier molecular flexibility index (Phi) is 8.79. The first-order chi connectivity index (χ1) is 9.72. The van der Waals surface area contributed by atoms with Crippen molar-refractivity contribution in [3.63, 3.8) is 0 Å². The van der Waals surface area contributed by atoms with Crippen LogP contribution in [0.1, 0.15) is 45.7 Å². The second-order valence-electron chi connectivity index (χ2n) is 5.13. The molecule has 0 saturated carbocycles. The fourth-order valence-corrected chi connectivity index (χ4v) is 3.37. The molecule has 0 aliphatic heterocycles. The van der Waals surface area contributed by atoms with Crippen LogP contribution < -0.4 is 10.1 Å². The predicted molar refractivity (Wildman–Crippen MR) is 90.8 cm³/mol. The van der Waals surface area contributed by atoms with E-state index in [0.717, 1.165) is 30.6 Å². The highest BCUT2D eigenvalue weighted by molar-refractivity contribution is 7.99. The molecule has 1 aromatic rings. The summed E-state index contributed by atoms with van der Waals surface area (Å²) in [6, 6.07) is 8.77. The Labute approximate surface area is 128 Å². The zero-order chi connectivity index (χ0) is 14.8. The van der Waals surface area contributed by atoms with Crippen molar-refractivity contribution in [3.05, 3.63) is 29.8 Å². The largest absolute Gasteiger partial charge is 0.494 e. The van der Waals surface area contributed by atoms with Gasteiger partial charge in [-0.05, 0) is 31.2 Å². The quantitative estimate of drug-likeness (QED) is 0.686. The smallest absolute Gasteiger partial charge is 0.124 e. The van der Waals surface area contributed by atoms with Crippen LogP contribution in [0.2, 0.25) is 0 Å². The maximum Gasteiger partial charge on any atom is 0.124 e. The van der Waals surface area contributed by atoms with Crippen molar-refractivity contribution in [2.45, 2.75) is 40.2 Å². The SMILES string of the molecule is CCNC(CSCC(C)CC)c1ccccc1OCC. The topological polar surface area (TPSA) is 21.3 Å². The second-order valence-corrected chi connectivity index (χ2v) is 6.21. The standard InChI is InChI=1S/C17H29NOS/c1-5-14(4)12-20-13-16(18-6-2)15-10-8-9-11-17(15)19-7-3/h8-11,14,16,18H,5-7,12-13H2,1-4H3. The first-order valence-electron chi connectivity index (χ1n) is 7.75. The van der Waals surface area contributed by atoms with Crippen LogP contribution in [0.4, 0.5) is 0 Å². The number of para-hydroxylation sites is 1. The van der Waals surface area contributed by atoms with Crippen molar-refractivity contribution in [2.75, 3.05) is 24.7 Å². The van der Waals surface area contributed by atoms with Crippen LogP contribution in [0.15, 0.2) is 24.3 Å². The Morgan fingerprint density at radius 1 is 1.15 bits per heavy atom. The van der Waals surface area contributed by atoms with Crippen molar-refractivity contribution < 1.29 is 4.74 Å². The number of rotatable bonds is 10. The predicted octanol–water partition coefficient (Wildman–Crippen LogP) is 4.52. The van der Waals surface area contributed by atoms with Gasteiger partial charge in [-0.2, -0.15) is 11.8 Å². The molecule has 0 spiro atoms. The molecule has 20 heavy (non-hydrogen) atoms. The van der Waals surface area contributed by atoms with Gasteiger partial charge in [0, 0.05) is 17.4 Å². The van der Waals surface area contributed by atoms with Crippen molar-refractivity contribution in [1.29, 1.82) is 0 Å². The summed E-state index contributed by atoms with van der Waals surface area (Å²) in [6.45, 7) is 10.5. The molecular formula is C17H29NOS. The van der Waals surface area contributed by atoms with Crippen LogP contribution in [0.3, 0.4) is 0 Å². The van der Waals surface area contributed by atoms with Gasteiger partial charge in [0.25, 0.3) is 0 Å². The van der Waals surface area contributed by atoms with Crippen LogP contribution >= 0.6 is 11.8 Å². The monoisotopic (exact) mass is 295 g/mol. The van der Waals surface area contributed by atoms with Crippen LogP contribution in [-0.2, 0) is 0 Å². The molecule has 0 amide bonds. The van der Waals surface area contributed by atoms with Gasteiger partial charge in [0.1, 0.15) is 5.75 Å². The molecule has 2 atom stereocenters. The van der Waals surface area contributed by atoms with Gasteiger partial charge < -0.3 is 10.1 Å². The number of benzene rings is 1. The minimum atomic E-state index is 0.372. The molecule has 0 aromatic heterocycles. The third-order valence-corrected chi connectivity index (χ3v) is 4.80. The van der Waals surface area contributed by atoms with Crippen molar-refractivity contribution in [3.8, 4) is 5.75 Å². The van der Waals surface area contributed by atoms with Crippen molar-refractivity contribution in [2.24, 2.45) is 5.92 Å². The summed E-state index contributed by atoms with van der Waals surface area (Å²) < 4.78 is 5.76. The maximum absolute atomic E-state index is 5.76. The third-order valence-electron chi connectivity index (χ3n) is 3.43. The summed E-state index contributed by atoms with van der Waals surface area (Å²) in [7, 11) is 0. The lowest BCUT2D eigenvalue weighted by Crippen LogP contribution is -2.24. The molecule has 114 valence electrons. The van der Waals surface area contributed by atoms with Gasteiger partial charge in [-0.25, -0.2) is 0 Å². The van der Waals surface area contributed by atoms with Gasteiger partial charge in [-0.15, -0.1) is 0 Å². The molecule has 1 aromatic carbocycles. The molecule has 0 aliphatic rings. The minimum Gasteiger partial charge on any atom is -0.494 e. The highest BCUT2D eigenvalue weighted by Crippen LogP contribution is 2.28. The molecule has 1 rings (SSSR count). The number of hydrogen-bond acceptors (Lipinski definition) is 3. The lowest BCUT2D eigenvalue weighted by Gasteiger charge is -2.21. The number of ether oxygens (including phenoxy) is 1. The first kappa shape index (κ1) is 17.4. The van der Waals surface area contributed by atoms with E-state index in [1.807, 2.05) is 24.8 Å². The summed E-state index contributed by atoms with van der Waals surface area (Å²) in [6.07, 6.45) is 1.26. The highest BCUT2D eigenvalue weighted by Gasteiger charge is 2.15. The summed E-state index contributed by atoms with van der Waals surface area (Å²) in [5, 5.41) is 3.59. The second kappa shape index (κ2) is 10.1. The molecule has 1 N–H and O–H groups in total. The highest BCUT2D eigenvalue weighted by atomic mass is 32.2. The lowest BCUT2D eigenvalue weighted by molar-refractivity contribution is 0.333. The van der Waals surface area contributed by atoms with E-state index in [-0.39, 0.29) is 0 Å². The Balaban J connectivity index is 2.69. The normalized spacial score (nSPS) is 14.0. The van der Waals surface area contributed by atoms with Gasteiger partial charge >= 0.3 is 0 Å². The minimum absolute atomic E-state index is 0.372. The molecule has 0 bridgehead atoms. The summed E-state index contributed by atoms with van der Waals surface area (Å²) in [4.78, 5) is 0. The Morgan fingerprint density at radius 3 is 2.55 bits per heavy atom. The van der Waals surface area contributed by atoms with Crippen LogP contribution in [0.5, 0.6) is 5.75 Å². The van der Waals surface area contributed by atoms with Crippen LogP contribution in [0, 0.1) is 5.92 Å².